The maximum Gasteiger partial charge on any atom is 0.124 e. The van der Waals surface area contributed by atoms with Crippen LogP contribution in [0.3, 0.4) is 0 Å². The Labute approximate surface area is 113 Å². The molecule has 17 heavy (non-hydrogen) atoms. The van der Waals surface area contributed by atoms with E-state index in [1.54, 1.807) is 0 Å². The zero-order valence-electron chi connectivity index (χ0n) is 10.6. The molecule has 2 nitrogen and oxygen atoms in total. The highest BCUT2D eigenvalue weighted by Crippen LogP contribution is 2.28. The third-order valence-corrected chi connectivity index (χ3v) is 3.55. The first-order chi connectivity index (χ1) is 8.19. The summed E-state index contributed by atoms with van der Waals surface area (Å²) in [5.41, 5.74) is 1.11. The SMILES string of the molecule is CNC(C)c1cc(Cl)ccc1OCCCSC. The molecule has 1 N–H and O–H groups in total. The monoisotopic (exact) mass is 273 g/mol. The number of nitrogens with one attached hydrogen (secondary N) is 1. The molecule has 1 unspecified atom stereocenters. The molecule has 4 heteroatoms. The Morgan fingerprint density at radius 3 is 2.88 bits per heavy atom. The normalized spacial score (nSPS) is 12.5. The molecule has 0 aromatic heterocycles. The maximum atomic E-state index is 6.01. The minimum Gasteiger partial charge on any atom is -0.493 e. The summed E-state index contributed by atoms with van der Waals surface area (Å²) in [5.74, 6) is 2.06. The van der Waals surface area contributed by atoms with Crippen molar-refractivity contribution in [3.8, 4) is 5.75 Å². The molecule has 0 saturated carbocycles. The summed E-state index contributed by atoms with van der Waals surface area (Å²) in [4.78, 5) is 0. The van der Waals surface area contributed by atoms with Crippen LogP contribution in [0.1, 0.15) is 24.9 Å². The van der Waals surface area contributed by atoms with Crippen molar-refractivity contribution in [2.24, 2.45) is 0 Å². The summed E-state index contributed by atoms with van der Waals surface area (Å²) in [5, 5.41) is 3.96. The molecular weight excluding hydrogens is 254 g/mol. The lowest BCUT2D eigenvalue weighted by atomic mass is 10.1. The molecule has 0 amide bonds. The first-order valence-corrected chi connectivity index (χ1v) is 7.54. The summed E-state index contributed by atoms with van der Waals surface area (Å²) >= 11 is 7.86. The molecule has 0 aliphatic rings. The number of hydrogen-bond acceptors (Lipinski definition) is 3. The minimum absolute atomic E-state index is 0.240. The van der Waals surface area contributed by atoms with Gasteiger partial charge >= 0.3 is 0 Å². The standard InChI is InChI=1S/C13H20ClNOS/c1-10(15-2)12-9-11(14)5-6-13(12)16-7-4-8-17-3/h5-6,9-10,15H,4,7-8H2,1-3H3. The van der Waals surface area contributed by atoms with Gasteiger partial charge in [0.05, 0.1) is 6.61 Å². The average molecular weight is 274 g/mol. The molecular formula is C13H20ClNOS. The van der Waals surface area contributed by atoms with Crippen LogP contribution in [0.15, 0.2) is 18.2 Å². The molecule has 1 atom stereocenters. The average Bonchev–Trinajstić information content (AvgIpc) is 2.35. The summed E-state index contributed by atoms with van der Waals surface area (Å²) in [6, 6.07) is 6.03. The van der Waals surface area contributed by atoms with Gasteiger partial charge in [0.15, 0.2) is 0 Å². The van der Waals surface area contributed by atoms with Gasteiger partial charge in [0, 0.05) is 16.6 Å². The molecule has 1 aromatic rings. The first-order valence-electron chi connectivity index (χ1n) is 5.77. The van der Waals surface area contributed by atoms with Crippen molar-refractivity contribution in [1.82, 2.24) is 5.32 Å². The van der Waals surface area contributed by atoms with Crippen molar-refractivity contribution in [3.05, 3.63) is 28.8 Å². The van der Waals surface area contributed by atoms with Crippen LogP contribution in [0, 0.1) is 0 Å². The molecule has 0 bridgehead atoms. The zero-order valence-corrected chi connectivity index (χ0v) is 12.2. The van der Waals surface area contributed by atoms with Crippen LogP contribution in [0.5, 0.6) is 5.75 Å². The summed E-state index contributed by atoms with van der Waals surface area (Å²) in [7, 11) is 1.93. The lowest BCUT2D eigenvalue weighted by Gasteiger charge is -2.16. The predicted molar refractivity (Wildman–Crippen MR) is 77.4 cm³/mol. The molecule has 0 aliphatic heterocycles. The van der Waals surface area contributed by atoms with Gasteiger partial charge in [-0.15, -0.1) is 0 Å². The fourth-order valence-electron chi connectivity index (χ4n) is 1.53. The number of benzene rings is 1. The van der Waals surface area contributed by atoms with Gasteiger partial charge in [-0.3, -0.25) is 0 Å². The van der Waals surface area contributed by atoms with Crippen LogP contribution < -0.4 is 10.1 Å². The maximum absolute atomic E-state index is 6.01. The molecule has 1 aromatic carbocycles. The van der Waals surface area contributed by atoms with Gasteiger partial charge in [0.2, 0.25) is 0 Å². The van der Waals surface area contributed by atoms with Crippen LogP contribution in [0.4, 0.5) is 0 Å². The van der Waals surface area contributed by atoms with E-state index in [-0.39, 0.29) is 6.04 Å². The summed E-state index contributed by atoms with van der Waals surface area (Å²) in [6.45, 7) is 2.85. The minimum atomic E-state index is 0.240. The van der Waals surface area contributed by atoms with E-state index in [1.807, 2.05) is 37.0 Å². The molecule has 0 radical (unpaired) electrons. The van der Waals surface area contributed by atoms with Gasteiger partial charge in [-0.1, -0.05) is 11.6 Å². The number of hydrogen-bond donors (Lipinski definition) is 1. The summed E-state index contributed by atoms with van der Waals surface area (Å²) < 4.78 is 5.81. The van der Waals surface area contributed by atoms with E-state index in [9.17, 15) is 0 Å². The highest BCUT2D eigenvalue weighted by molar-refractivity contribution is 7.98. The fourth-order valence-corrected chi connectivity index (χ4v) is 2.12. The molecule has 0 spiro atoms. The van der Waals surface area contributed by atoms with E-state index in [0.717, 1.165) is 35.1 Å². The Morgan fingerprint density at radius 1 is 1.47 bits per heavy atom. The van der Waals surface area contributed by atoms with Gasteiger partial charge in [0.25, 0.3) is 0 Å². The van der Waals surface area contributed by atoms with E-state index in [2.05, 4.69) is 18.5 Å². The molecule has 1 rings (SSSR count). The van der Waals surface area contributed by atoms with Crippen molar-refractivity contribution in [2.45, 2.75) is 19.4 Å². The lowest BCUT2D eigenvalue weighted by molar-refractivity contribution is 0.312. The van der Waals surface area contributed by atoms with Crippen LogP contribution in [0.2, 0.25) is 5.02 Å². The van der Waals surface area contributed by atoms with Crippen LogP contribution in [-0.2, 0) is 0 Å². The number of ether oxygens (including phenoxy) is 1. The third-order valence-electron chi connectivity index (χ3n) is 2.62. The Bertz CT molecular complexity index is 346. The van der Waals surface area contributed by atoms with Crippen molar-refractivity contribution in [3.63, 3.8) is 0 Å². The van der Waals surface area contributed by atoms with Gasteiger partial charge in [0.1, 0.15) is 5.75 Å². The quantitative estimate of drug-likeness (QED) is 0.765. The van der Waals surface area contributed by atoms with E-state index in [1.165, 1.54) is 0 Å². The van der Waals surface area contributed by atoms with Crippen LogP contribution in [0.25, 0.3) is 0 Å². The van der Waals surface area contributed by atoms with Gasteiger partial charge in [-0.05, 0) is 50.6 Å². The lowest BCUT2D eigenvalue weighted by Crippen LogP contribution is -2.14. The molecule has 0 saturated heterocycles. The van der Waals surface area contributed by atoms with Crippen molar-refractivity contribution >= 4 is 23.4 Å². The number of thioether (sulfide) groups is 1. The molecule has 0 heterocycles. The molecule has 0 aliphatic carbocycles. The van der Waals surface area contributed by atoms with Gasteiger partial charge in [-0.25, -0.2) is 0 Å². The highest BCUT2D eigenvalue weighted by Gasteiger charge is 2.10. The van der Waals surface area contributed by atoms with Gasteiger partial charge in [-0.2, -0.15) is 11.8 Å². The summed E-state index contributed by atoms with van der Waals surface area (Å²) in [6.07, 6.45) is 3.17. The first kappa shape index (κ1) is 14.7. The van der Waals surface area contributed by atoms with E-state index < -0.39 is 0 Å². The van der Waals surface area contributed by atoms with Crippen LogP contribution >= 0.6 is 23.4 Å². The van der Waals surface area contributed by atoms with Gasteiger partial charge < -0.3 is 10.1 Å². The zero-order chi connectivity index (χ0) is 12.7. The fraction of sp³-hybridized carbons (Fsp3) is 0.538. The van der Waals surface area contributed by atoms with E-state index >= 15 is 0 Å². The van der Waals surface area contributed by atoms with E-state index in [4.69, 9.17) is 16.3 Å². The Hall–Kier alpha value is -0.380. The number of rotatable bonds is 7. The van der Waals surface area contributed by atoms with E-state index in [0.29, 0.717) is 0 Å². The van der Waals surface area contributed by atoms with Crippen LogP contribution in [-0.4, -0.2) is 25.7 Å². The molecule has 0 fully saturated rings. The highest BCUT2D eigenvalue weighted by atomic mass is 35.5. The Balaban J connectivity index is 2.69. The topological polar surface area (TPSA) is 21.3 Å². The van der Waals surface area contributed by atoms with Crippen molar-refractivity contribution in [1.29, 1.82) is 0 Å². The second-order valence-electron chi connectivity index (χ2n) is 3.89. The Morgan fingerprint density at radius 2 is 2.24 bits per heavy atom. The van der Waals surface area contributed by atoms with Crippen molar-refractivity contribution < 1.29 is 4.74 Å². The largest absolute Gasteiger partial charge is 0.493 e. The number of halogens is 1. The van der Waals surface area contributed by atoms with Crippen molar-refractivity contribution in [2.75, 3.05) is 25.7 Å². The smallest absolute Gasteiger partial charge is 0.124 e. The second-order valence-corrected chi connectivity index (χ2v) is 5.31. The third kappa shape index (κ3) is 4.78. The predicted octanol–water partition coefficient (Wildman–Crippen LogP) is 3.75. The Kier molecular flexibility index (Phi) is 6.78. The second kappa shape index (κ2) is 7.85. The molecule has 96 valence electrons.